The van der Waals surface area contributed by atoms with E-state index in [9.17, 15) is 0 Å². The third-order valence-corrected chi connectivity index (χ3v) is 3.53. The maximum absolute atomic E-state index is 9.02. The van der Waals surface area contributed by atoms with Gasteiger partial charge < -0.3 is 0 Å². The molecule has 0 spiro atoms. The third kappa shape index (κ3) is 3.06. The van der Waals surface area contributed by atoms with Crippen LogP contribution in [0.2, 0.25) is 0 Å². The Morgan fingerprint density at radius 1 is 1.33 bits per heavy atom. The van der Waals surface area contributed by atoms with Crippen LogP contribution in [0.3, 0.4) is 0 Å². The van der Waals surface area contributed by atoms with Gasteiger partial charge in [0.2, 0.25) is 0 Å². The second-order valence-electron chi connectivity index (χ2n) is 5.03. The van der Waals surface area contributed by atoms with Crippen molar-refractivity contribution in [2.45, 2.75) is 26.4 Å². The van der Waals surface area contributed by atoms with Crippen molar-refractivity contribution >= 4 is 0 Å². The molecule has 2 heterocycles. The highest BCUT2D eigenvalue weighted by Crippen LogP contribution is 2.12. The first-order valence-corrected chi connectivity index (χ1v) is 6.51. The normalized spacial score (nSPS) is 17.9. The lowest BCUT2D eigenvalue weighted by atomic mass is 10.1. The number of pyridine rings is 1. The van der Waals surface area contributed by atoms with E-state index in [1.54, 1.807) is 6.20 Å². The van der Waals surface area contributed by atoms with E-state index < -0.39 is 0 Å². The minimum atomic E-state index is 0.559. The second kappa shape index (κ2) is 5.94. The van der Waals surface area contributed by atoms with Gasteiger partial charge in [-0.1, -0.05) is 6.07 Å². The maximum Gasteiger partial charge on any atom is 0.144 e. The molecule has 0 N–H and O–H groups in total. The minimum absolute atomic E-state index is 0.559. The van der Waals surface area contributed by atoms with Crippen LogP contribution in [-0.2, 0) is 6.54 Å². The SMILES string of the molecule is CC(C)N1CCN(Cc2cccnc2C#N)CC1. The van der Waals surface area contributed by atoms with Gasteiger partial charge in [0, 0.05) is 50.5 Å². The molecule has 1 saturated heterocycles. The van der Waals surface area contributed by atoms with Crippen LogP contribution < -0.4 is 0 Å². The van der Waals surface area contributed by atoms with E-state index in [1.165, 1.54) is 0 Å². The van der Waals surface area contributed by atoms with Gasteiger partial charge >= 0.3 is 0 Å². The zero-order valence-electron chi connectivity index (χ0n) is 11.1. The van der Waals surface area contributed by atoms with E-state index in [0.29, 0.717) is 11.7 Å². The fourth-order valence-corrected chi connectivity index (χ4v) is 2.35. The Labute approximate surface area is 109 Å². The van der Waals surface area contributed by atoms with Crippen LogP contribution in [0.25, 0.3) is 0 Å². The summed E-state index contributed by atoms with van der Waals surface area (Å²) in [5, 5.41) is 9.02. The smallest absolute Gasteiger partial charge is 0.144 e. The zero-order chi connectivity index (χ0) is 13.0. The summed E-state index contributed by atoms with van der Waals surface area (Å²) < 4.78 is 0. The Morgan fingerprint density at radius 2 is 2.06 bits per heavy atom. The standard InChI is InChI=1S/C14H20N4/c1-12(2)18-8-6-17(7-9-18)11-13-4-3-5-16-14(13)10-15/h3-5,12H,6-9,11H2,1-2H3. The topological polar surface area (TPSA) is 43.2 Å². The summed E-state index contributed by atoms with van der Waals surface area (Å²) >= 11 is 0. The molecular weight excluding hydrogens is 224 g/mol. The van der Waals surface area contributed by atoms with Gasteiger partial charge in [-0.25, -0.2) is 4.98 Å². The highest BCUT2D eigenvalue weighted by molar-refractivity contribution is 5.30. The second-order valence-corrected chi connectivity index (χ2v) is 5.03. The number of piperazine rings is 1. The molecule has 1 aromatic heterocycles. The van der Waals surface area contributed by atoms with Gasteiger partial charge in [0.1, 0.15) is 11.8 Å². The Bertz CT molecular complexity index is 428. The monoisotopic (exact) mass is 244 g/mol. The summed E-state index contributed by atoms with van der Waals surface area (Å²) in [6.07, 6.45) is 1.68. The van der Waals surface area contributed by atoms with Crippen molar-refractivity contribution in [3.63, 3.8) is 0 Å². The van der Waals surface area contributed by atoms with Gasteiger partial charge in [-0.2, -0.15) is 5.26 Å². The first-order chi connectivity index (χ1) is 8.70. The summed E-state index contributed by atoms with van der Waals surface area (Å²) in [7, 11) is 0. The predicted octanol–water partition coefficient (Wildman–Crippen LogP) is 1.48. The molecule has 4 nitrogen and oxygen atoms in total. The molecule has 2 rings (SSSR count). The molecule has 0 aromatic carbocycles. The molecule has 96 valence electrons. The predicted molar refractivity (Wildman–Crippen MR) is 70.9 cm³/mol. The van der Waals surface area contributed by atoms with Crippen LogP contribution in [0.1, 0.15) is 25.1 Å². The van der Waals surface area contributed by atoms with Crippen LogP contribution in [0.4, 0.5) is 0 Å². The molecule has 0 radical (unpaired) electrons. The third-order valence-electron chi connectivity index (χ3n) is 3.53. The highest BCUT2D eigenvalue weighted by atomic mass is 15.3. The van der Waals surface area contributed by atoms with E-state index in [4.69, 9.17) is 5.26 Å². The Morgan fingerprint density at radius 3 is 2.67 bits per heavy atom. The lowest BCUT2D eigenvalue weighted by molar-refractivity contribution is 0.104. The molecule has 0 amide bonds. The first kappa shape index (κ1) is 13.0. The van der Waals surface area contributed by atoms with Crippen LogP contribution >= 0.6 is 0 Å². The molecule has 1 aliphatic heterocycles. The summed E-state index contributed by atoms with van der Waals surface area (Å²) in [5.41, 5.74) is 1.60. The van der Waals surface area contributed by atoms with Gasteiger partial charge in [-0.05, 0) is 19.9 Å². The number of aromatic nitrogens is 1. The number of nitriles is 1. The Hall–Kier alpha value is -1.44. The van der Waals surface area contributed by atoms with E-state index in [0.717, 1.165) is 38.3 Å². The maximum atomic E-state index is 9.02. The number of nitrogens with zero attached hydrogens (tertiary/aromatic N) is 4. The van der Waals surface area contributed by atoms with Crippen molar-refractivity contribution < 1.29 is 0 Å². The van der Waals surface area contributed by atoms with Crippen molar-refractivity contribution in [3.8, 4) is 6.07 Å². The molecule has 0 saturated carbocycles. The molecule has 0 aliphatic carbocycles. The molecule has 1 fully saturated rings. The van der Waals surface area contributed by atoms with Crippen molar-refractivity contribution in [1.29, 1.82) is 5.26 Å². The van der Waals surface area contributed by atoms with Crippen molar-refractivity contribution in [2.75, 3.05) is 26.2 Å². The van der Waals surface area contributed by atoms with Crippen LogP contribution in [0.15, 0.2) is 18.3 Å². The van der Waals surface area contributed by atoms with Crippen molar-refractivity contribution in [3.05, 3.63) is 29.6 Å². The van der Waals surface area contributed by atoms with E-state index in [2.05, 4.69) is 34.7 Å². The van der Waals surface area contributed by atoms with Gasteiger partial charge in [-0.3, -0.25) is 9.80 Å². The Balaban J connectivity index is 1.94. The molecule has 0 bridgehead atoms. The lowest BCUT2D eigenvalue weighted by Crippen LogP contribution is -2.48. The van der Waals surface area contributed by atoms with E-state index in [-0.39, 0.29) is 0 Å². The number of hydrogen-bond acceptors (Lipinski definition) is 4. The molecule has 1 aliphatic rings. The average Bonchev–Trinajstić information content (AvgIpc) is 2.40. The quantitative estimate of drug-likeness (QED) is 0.808. The van der Waals surface area contributed by atoms with Gasteiger partial charge in [-0.15, -0.1) is 0 Å². The first-order valence-electron chi connectivity index (χ1n) is 6.51. The van der Waals surface area contributed by atoms with Crippen LogP contribution in [-0.4, -0.2) is 47.0 Å². The van der Waals surface area contributed by atoms with E-state index in [1.807, 2.05) is 12.1 Å². The summed E-state index contributed by atoms with van der Waals surface area (Å²) in [5.74, 6) is 0. The number of rotatable bonds is 3. The van der Waals surface area contributed by atoms with Crippen molar-refractivity contribution in [2.24, 2.45) is 0 Å². The molecule has 0 atom stereocenters. The fourth-order valence-electron chi connectivity index (χ4n) is 2.35. The lowest BCUT2D eigenvalue weighted by Gasteiger charge is -2.36. The fraction of sp³-hybridized carbons (Fsp3) is 0.571. The van der Waals surface area contributed by atoms with E-state index >= 15 is 0 Å². The average molecular weight is 244 g/mol. The van der Waals surface area contributed by atoms with Crippen LogP contribution in [0.5, 0.6) is 0 Å². The van der Waals surface area contributed by atoms with Crippen LogP contribution in [0, 0.1) is 11.3 Å². The molecule has 4 heteroatoms. The molecule has 1 aromatic rings. The minimum Gasteiger partial charge on any atom is -0.298 e. The summed E-state index contributed by atoms with van der Waals surface area (Å²) in [6, 6.07) is 6.69. The number of hydrogen-bond donors (Lipinski definition) is 0. The van der Waals surface area contributed by atoms with Gasteiger partial charge in [0.05, 0.1) is 0 Å². The van der Waals surface area contributed by atoms with Crippen molar-refractivity contribution in [1.82, 2.24) is 14.8 Å². The molecular formula is C14H20N4. The molecule has 18 heavy (non-hydrogen) atoms. The zero-order valence-corrected chi connectivity index (χ0v) is 11.1. The highest BCUT2D eigenvalue weighted by Gasteiger charge is 2.19. The summed E-state index contributed by atoms with van der Waals surface area (Å²) in [4.78, 5) is 9.00. The summed E-state index contributed by atoms with van der Waals surface area (Å²) in [6.45, 7) is 9.67. The van der Waals surface area contributed by atoms with Gasteiger partial charge in [0.25, 0.3) is 0 Å². The largest absolute Gasteiger partial charge is 0.298 e. The molecule has 0 unspecified atom stereocenters. The Kier molecular flexibility index (Phi) is 4.29. The van der Waals surface area contributed by atoms with Gasteiger partial charge in [0.15, 0.2) is 0 Å².